The van der Waals surface area contributed by atoms with Crippen LogP contribution in [0.5, 0.6) is 0 Å². The maximum Gasteiger partial charge on any atom is 0.0408 e. The largest absolute Gasteiger partial charge is 0.313 e. The van der Waals surface area contributed by atoms with Crippen LogP contribution < -0.4 is 5.32 Å². The summed E-state index contributed by atoms with van der Waals surface area (Å²) in [6.07, 6.45) is 3.14. The van der Waals surface area contributed by atoms with E-state index in [4.69, 9.17) is 11.6 Å². The lowest BCUT2D eigenvalue weighted by Crippen LogP contribution is -2.19. The van der Waals surface area contributed by atoms with E-state index in [2.05, 4.69) is 43.4 Å². The fraction of sp³-hybridized carbons (Fsp3) is 0.368. The van der Waals surface area contributed by atoms with Gasteiger partial charge in [-0.05, 0) is 60.7 Å². The fourth-order valence-corrected chi connectivity index (χ4v) is 3.04. The number of likely N-dealkylation sites (N-methyl/N-ethyl adjacent to an activating group) is 1. The number of hydrogen-bond donors (Lipinski definition) is 1. The van der Waals surface area contributed by atoms with Crippen LogP contribution in [0.2, 0.25) is 5.02 Å². The van der Waals surface area contributed by atoms with Crippen molar-refractivity contribution in [3.63, 3.8) is 0 Å². The Hall–Kier alpha value is -1.31. The van der Waals surface area contributed by atoms with Gasteiger partial charge >= 0.3 is 0 Å². The van der Waals surface area contributed by atoms with Gasteiger partial charge in [-0.25, -0.2) is 0 Å². The van der Waals surface area contributed by atoms with E-state index in [-0.39, 0.29) is 0 Å². The second-order valence-electron chi connectivity index (χ2n) is 5.41. The molecule has 1 atom stereocenters. The van der Waals surface area contributed by atoms with Crippen molar-refractivity contribution in [3.8, 4) is 0 Å². The average molecular weight is 302 g/mol. The van der Waals surface area contributed by atoms with Crippen molar-refractivity contribution < 1.29 is 0 Å². The van der Waals surface area contributed by atoms with Crippen molar-refractivity contribution in [2.75, 3.05) is 7.05 Å². The Labute approximate surface area is 133 Å². The summed E-state index contributed by atoms with van der Waals surface area (Å²) in [5.41, 5.74) is 5.53. The molecule has 2 heteroatoms. The zero-order chi connectivity index (χ0) is 15.2. The molecule has 2 rings (SSSR count). The first-order chi connectivity index (χ1) is 10.2. The number of rotatable bonds is 6. The molecule has 0 saturated heterocycles. The minimum absolute atomic E-state index is 0.319. The number of benzene rings is 2. The lowest BCUT2D eigenvalue weighted by Gasteiger charge is -2.19. The molecule has 0 bridgehead atoms. The van der Waals surface area contributed by atoms with Crippen LogP contribution in [0.4, 0.5) is 0 Å². The molecule has 0 heterocycles. The minimum atomic E-state index is 0.319. The Morgan fingerprint density at radius 2 is 1.76 bits per heavy atom. The molecule has 0 fully saturated rings. The SMILES string of the molecule is CCc1ccc(C(Cc2cccc(Cl)c2)NC)cc1CC. The molecule has 0 saturated carbocycles. The molecule has 2 aromatic rings. The van der Waals surface area contributed by atoms with Gasteiger partial charge in [-0.2, -0.15) is 0 Å². The van der Waals surface area contributed by atoms with Crippen LogP contribution in [0.25, 0.3) is 0 Å². The molecule has 112 valence electrons. The van der Waals surface area contributed by atoms with Crippen molar-refractivity contribution in [1.82, 2.24) is 5.32 Å². The van der Waals surface area contributed by atoms with Crippen LogP contribution in [-0.4, -0.2) is 7.05 Å². The Bertz CT molecular complexity index is 592. The monoisotopic (exact) mass is 301 g/mol. The van der Waals surface area contributed by atoms with Crippen LogP contribution in [0.15, 0.2) is 42.5 Å². The standard InChI is InChI=1S/C19H24ClN/c1-4-15-9-10-17(13-16(15)5-2)19(21-3)12-14-7-6-8-18(20)11-14/h6-11,13,19,21H,4-5,12H2,1-3H3. The predicted octanol–water partition coefficient (Wildman–Crippen LogP) is 4.97. The molecule has 0 radical (unpaired) electrons. The van der Waals surface area contributed by atoms with Gasteiger partial charge in [-0.1, -0.05) is 55.8 Å². The molecular formula is C19H24ClN. The predicted molar refractivity (Wildman–Crippen MR) is 92.2 cm³/mol. The van der Waals surface area contributed by atoms with Gasteiger partial charge in [0, 0.05) is 11.1 Å². The van der Waals surface area contributed by atoms with E-state index >= 15 is 0 Å². The summed E-state index contributed by atoms with van der Waals surface area (Å²) in [6.45, 7) is 4.44. The fourth-order valence-electron chi connectivity index (χ4n) is 2.82. The summed E-state index contributed by atoms with van der Waals surface area (Å²) >= 11 is 6.08. The Morgan fingerprint density at radius 1 is 1.00 bits per heavy atom. The lowest BCUT2D eigenvalue weighted by atomic mass is 9.93. The van der Waals surface area contributed by atoms with E-state index in [0.29, 0.717) is 6.04 Å². The molecular weight excluding hydrogens is 278 g/mol. The first kappa shape index (κ1) is 16.1. The first-order valence-electron chi connectivity index (χ1n) is 7.71. The van der Waals surface area contributed by atoms with Crippen LogP contribution in [-0.2, 0) is 19.3 Å². The summed E-state index contributed by atoms with van der Waals surface area (Å²) in [4.78, 5) is 0. The van der Waals surface area contributed by atoms with Crippen LogP contribution in [0.1, 0.15) is 42.1 Å². The topological polar surface area (TPSA) is 12.0 Å². The third-order valence-corrected chi connectivity index (χ3v) is 4.31. The Morgan fingerprint density at radius 3 is 2.38 bits per heavy atom. The highest BCUT2D eigenvalue weighted by Crippen LogP contribution is 2.23. The molecule has 2 aromatic carbocycles. The first-order valence-corrected chi connectivity index (χ1v) is 8.09. The van der Waals surface area contributed by atoms with E-state index in [9.17, 15) is 0 Å². The average Bonchev–Trinajstić information content (AvgIpc) is 2.52. The van der Waals surface area contributed by atoms with E-state index in [1.807, 2.05) is 25.2 Å². The number of aryl methyl sites for hydroxylation is 2. The molecule has 0 aromatic heterocycles. The summed E-state index contributed by atoms with van der Waals surface area (Å²) in [7, 11) is 2.02. The second-order valence-corrected chi connectivity index (χ2v) is 5.85. The van der Waals surface area contributed by atoms with Crippen LogP contribution >= 0.6 is 11.6 Å². The van der Waals surface area contributed by atoms with Gasteiger partial charge < -0.3 is 5.32 Å². The molecule has 21 heavy (non-hydrogen) atoms. The highest BCUT2D eigenvalue weighted by molar-refractivity contribution is 6.30. The van der Waals surface area contributed by atoms with Crippen molar-refractivity contribution in [2.24, 2.45) is 0 Å². The van der Waals surface area contributed by atoms with E-state index < -0.39 is 0 Å². The molecule has 0 spiro atoms. The molecule has 1 N–H and O–H groups in total. The summed E-state index contributed by atoms with van der Waals surface area (Å²) in [5, 5.41) is 4.24. The van der Waals surface area contributed by atoms with Gasteiger partial charge in [0.15, 0.2) is 0 Å². The van der Waals surface area contributed by atoms with Gasteiger partial charge in [0.05, 0.1) is 0 Å². The second kappa shape index (κ2) is 7.63. The van der Waals surface area contributed by atoms with Gasteiger partial charge in [-0.15, -0.1) is 0 Å². The smallest absolute Gasteiger partial charge is 0.0408 e. The van der Waals surface area contributed by atoms with E-state index in [0.717, 1.165) is 24.3 Å². The summed E-state index contributed by atoms with van der Waals surface area (Å²) < 4.78 is 0. The summed E-state index contributed by atoms with van der Waals surface area (Å²) in [6, 6.07) is 15.3. The molecule has 0 amide bonds. The van der Waals surface area contributed by atoms with Crippen molar-refractivity contribution in [1.29, 1.82) is 0 Å². The van der Waals surface area contributed by atoms with Crippen LogP contribution in [0.3, 0.4) is 0 Å². The highest BCUT2D eigenvalue weighted by atomic mass is 35.5. The zero-order valence-electron chi connectivity index (χ0n) is 13.1. The molecule has 0 aliphatic heterocycles. The minimum Gasteiger partial charge on any atom is -0.313 e. The third-order valence-electron chi connectivity index (χ3n) is 4.07. The van der Waals surface area contributed by atoms with E-state index in [1.54, 1.807) is 0 Å². The Balaban J connectivity index is 2.25. The maximum atomic E-state index is 6.08. The van der Waals surface area contributed by atoms with Gasteiger partial charge in [0.1, 0.15) is 0 Å². The van der Waals surface area contributed by atoms with Gasteiger partial charge in [0.25, 0.3) is 0 Å². The number of halogens is 1. The molecule has 0 aliphatic rings. The van der Waals surface area contributed by atoms with Crippen molar-refractivity contribution >= 4 is 11.6 Å². The summed E-state index contributed by atoms with van der Waals surface area (Å²) in [5.74, 6) is 0. The normalized spacial score (nSPS) is 12.4. The van der Waals surface area contributed by atoms with Gasteiger partial charge in [-0.3, -0.25) is 0 Å². The van der Waals surface area contributed by atoms with Crippen LogP contribution in [0, 0.1) is 0 Å². The van der Waals surface area contributed by atoms with Gasteiger partial charge in [0.2, 0.25) is 0 Å². The third kappa shape index (κ3) is 4.09. The number of hydrogen-bond acceptors (Lipinski definition) is 1. The van der Waals surface area contributed by atoms with Crippen molar-refractivity contribution in [3.05, 3.63) is 69.7 Å². The zero-order valence-corrected chi connectivity index (χ0v) is 13.9. The van der Waals surface area contributed by atoms with E-state index in [1.165, 1.54) is 22.3 Å². The van der Waals surface area contributed by atoms with Crippen molar-refractivity contribution in [2.45, 2.75) is 39.2 Å². The lowest BCUT2D eigenvalue weighted by molar-refractivity contribution is 0.591. The Kier molecular flexibility index (Phi) is 5.84. The molecule has 1 unspecified atom stereocenters. The quantitative estimate of drug-likeness (QED) is 0.794. The highest BCUT2D eigenvalue weighted by Gasteiger charge is 2.12. The maximum absolute atomic E-state index is 6.08. The molecule has 0 aliphatic carbocycles. The molecule has 1 nitrogen and oxygen atoms in total. The number of nitrogens with one attached hydrogen (secondary N) is 1.